The fraction of sp³-hybridized carbons (Fsp3) is 0.900. The standard InChI is InChI=1S/C10H20N2O2/c1-7(6-13)5-12-10(14)8-2-3-9(11)4-8/h7-9,13H,2-6,11H2,1H3,(H,12,14). The number of nitrogens with one attached hydrogen (secondary N) is 1. The maximum Gasteiger partial charge on any atom is 0.223 e. The van der Waals surface area contributed by atoms with Crippen LogP contribution in [0.1, 0.15) is 26.2 Å². The summed E-state index contributed by atoms with van der Waals surface area (Å²) in [6.07, 6.45) is 2.66. The van der Waals surface area contributed by atoms with Gasteiger partial charge in [0, 0.05) is 25.1 Å². The van der Waals surface area contributed by atoms with Crippen LogP contribution in [0.2, 0.25) is 0 Å². The predicted octanol–water partition coefficient (Wildman–Crippen LogP) is -0.142. The van der Waals surface area contributed by atoms with E-state index in [2.05, 4.69) is 5.32 Å². The number of hydrogen-bond donors (Lipinski definition) is 3. The van der Waals surface area contributed by atoms with Gasteiger partial charge in [-0.3, -0.25) is 4.79 Å². The molecule has 1 aliphatic carbocycles. The van der Waals surface area contributed by atoms with Crippen molar-refractivity contribution in [2.24, 2.45) is 17.6 Å². The van der Waals surface area contributed by atoms with Crippen molar-refractivity contribution in [2.75, 3.05) is 13.2 Å². The van der Waals surface area contributed by atoms with E-state index >= 15 is 0 Å². The molecule has 0 heterocycles. The van der Waals surface area contributed by atoms with Crippen LogP contribution in [-0.4, -0.2) is 30.2 Å². The SMILES string of the molecule is CC(CO)CNC(=O)C1CCC(N)C1. The van der Waals surface area contributed by atoms with E-state index in [1.165, 1.54) is 0 Å². The van der Waals surface area contributed by atoms with Gasteiger partial charge in [-0.05, 0) is 25.2 Å². The van der Waals surface area contributed by atoms with Gasteiger partial charge in [-0.1, -0.05) is 6.92 Å². The minimum Gasteiger partial charge on any atom is -0.396 e. The van der Waals surface area contributed by atoms with Crippen LogP contribution in [-0.2, 0) is 4.79 Å². The molecule has 82 valence electrons. The van der Waals surface area contributed by atoms with Gasteiger partial charge in [0.2, 0.25) is 5.91 Å². The Kier molecular flexibility index (Phi) is 4.35. The Morgan fingerprint density at radius 1 is 1.64 bits per heavy atom. The molecular formula is C10H20N2O2. The minimum atomic E-state index is 0.0934. The van der Waals surface area contributed by atoms with Gasteiger partial charge in [0.1, 0.15) is 0 Å². The summed E-state index contributed by atoms with van der Waals surface area (Å²) < 4.78 is 0. The van der Waals surface area contributed by atoms with E-state index in [0.717, 1.165) is 19.3 Å². The number of aliphatic hydroxyl groups is 1. The molecule has 4 nitrogen and oxygen atoms in total. The van der Waals surface area contributed by atoms with E-state index in [-0.39, 0.29) is 30.4 Å². The zero-order valence-corrected chi connectivity index (χ0v) is 8.70. The van der Waals surface area contributed by atoms with Crippen molar-refractivity contribution >= 4 is 5.91 Å². The lowest BCUT2D eigenvalue weighted by molar-refractivity contribution is -0.125. The summed E-state index contributed by atoms with van der Waals surface area (Å²) in [5, 5.41) is 11.6. The first-order valence-corrected chi connectivity index (χ1v) is 5.27. The van der Waals surface area contributed by atoms with E-state index in [1.54, 1.807) is 0 Å². The average Bonchev–Trinajstić information content (AvgIpc) is 2.60. The average molecular weight is 200 g/mol. The normalized spacial score (nSPS) is 28.8. The quantitative estimate of drug-likeness (QED) is 0.591. The Bertz CT molecular complexity index is 197. The van der Waals surface area contributed by atoms with Crippen LogP contribution >= 0.6 is 0 Å². The lowest BCUT2D eigenvalue weighted by atomic mass is 10.1. The number of carbonyl (C=O) groups is 1. The lowest BCUT2D eigenvalue weighted by Crippen LogP contribution is -2.34. The Morgan fingerprint density at radius 2 is 2.36 bits per heavy atom. The third-order valence-corrected chi connectivity index (χ3v) is 2.78. The molecule has 0 aromatic heterocycles. The number of amides is 1. The Hall–Kier alpha value is -0.610. The van der Waals surface area contributed by atoms with Crippen molar-refractivity contribution in [1.82, 2.24) is 5.32 Å². The second-order valence-electron chi connectivity index (χ2n) is 4.30. The molecule has 4 heteroatoms. The van der Waals surface area contributed by atoms with Gasteiger partial charge in [0.05, 0.1) is 0 Å². The molecule has 0 saturated heterocycles. The number of nitrogens with two attached hydrogens (primary N) is 1. The molecule has 1 fully saturated rings. The first kappa shape index (κ1) is 11.5. The number of hydrogen-bond acceptors (Lipinski definition) is 3. The highest BCUT2D eigenvalue weighted by atomic mass is 16.3. The number of aliphatic hydroxyl groups excluding tert-OH is 1. The van der Waals surface area contributed by atoms with Crippen molar-refractivity contribution in [3.8, 4) is 0 Å². The van der Waals surface area contributed by atoms with E-state index < -0.39 is 0 Å². The molecule has 1 aliphatic rings. The zero-order valence-electron chi connectivity index (χ0n) is 8.70. The first-order valence-electron chi connectivity index (χ1n) is 5.27. The van der Waals surface area contributed by atoms with Crippen molar-refractivity contribution in [3.63, 3.8) is 0 Å². The zero-order chi connectivity index (χ0) is 10.6. The van der Waals surface area contributed by atoms with Crippen molar-refractivity contribution in [3.05, 3.63) is 0 Å². The molecule has 1 saturated carbocycles. The molecule has 0 bridgehead atoms. The van der Waals surface area contributed by atoms with Gasteiger partial charge in [0.15, 0.2) is 0 Å². The van der Waals surface area contributed by atoms with Crippen molar-refractivity contribution in [1.29, 1.82) is 0 Å². The van der Waals surface area contributed by atoms with E-state index in [1.807, 2.05) is 6.92 Å². The van der Waals surface area contributed by atoms with Crippen LogP contribution in [0.4, 0.5) is 0 Å². The molecule has 3 unspecified atom stereocenters. The van der Waals surface area contributed by atoms with Crippen molar-refractivity contribution in [2.45, 2.75) is 32.2 Å². The molecule has 0 aliphatic heterocycles. The monoisotopic (exact) mass is 200 g/mol. The van der Waals surface area contributed by atoms with Crippen LogP contribution in [0.5, 0.6) is 0 Å². The molecule has 0 radical (unpaired) electrons. The molecule has 0 spiro atoms. The highest BCUT2D eigenvalue weighted by molar-refractivity contribution is 5.78. The second kappa shape index (κ2) is 5.32. The second-order valence-corrected chi connectivity index (χ2v) is 4.30. The Balaban J connectivity index is 2.22. The van der Waals surface area contributed by atoms with Gasteiger partial charge in [-0.2, -0.15) is 0 Å². The third-order valence-electron chi connectivity index (χ3n) is 2.78. The van der Waals surface area contributed by atoms with Crippen LogP contribution in [0, 0.1) is 11.8 Å². The van der Waals surface area contributed by atoms with E-state index in [9.17, 15) is 4.79 Å². The molecular weight excluding hydrogens is 180 g/mol. The molecule has 1 rings (SSSR count). The first-order chi connectivity index (χ1) is 6.63. The molecule has 3 atom stereocenters. The summed E-state index contributed by atoms with van der Waals surface area (Å²) in [5.74, 6) is 0.322. The molecule has 14 heavy (non-hydrogen) atoms. The topological polar surface area (TPSA) is 75.3 Å². The largest absolute Gasteiger partial charge is 0.396 e. The smallest absolute Gasteiger partial charge is 0.223 e. The Morgan fingerprint density at radius 3 is 2.86 bits per heavy atom. The summed E-state index contributed by atoms with van der Waals surface area (Å²) in [4.78, 5) is 11.6. The summed E-state index contributed by atoms with van der Waals surface area (Å²) in [5.41, 5.74) is 5.73. The van der Waals surface area contributed by atoms with Gasteiger partial charge in [-0.15, -0.1) is 0 Å². The third kappa shape index (κ3) is 3.27. The summed E-state index contributed by atoms with van der Waals surface area (Å²) in [6, 6.07) is 0.195. The van der Waals surface area contributed by atoms with Crippen LogP contribution in [0.25, 0.3) is 0 Å². The molecule has 4 N–H and O–H groups in total. The number of rotatable bonds is 4. The van der Waals surface area contributed by atoms with Crippen LogP contribution < -0.4 is 11.1 Å². The van der Waals surface area contributed by atoms with E-state index in [4.69, 9.17) is 10.8 Å². The van der Waals surface area contributed by atoms with Crippen molar-refractivity contribution < 1.29 is 9.90 Å². The lowest BCUT2D eigenvalue weighted by Gasteiger charge is -2.13. The highest BCUT2D eigenvalue weighted by Crippen LogP contribution is 2.23. The van der Waals surface area contributed by atoms with Gasteiger partial charge >= 0.3 is 0 Å². The number of carbonyl (C=O) groups excluding carboxylic acids is 1. The molecule has 0 aromatic rings. The summed E-state index contributed by atoms with van der Waals surface area (Å²) >= 11 is 0. The highest BCUT2D eigenvalue weighted by Gasteiger charge is 2.27. The Labute approximate surface area is 84.9 Å². The fourth-order valence-corrected chi connectivity index (χ4v) is 1.74. The molecule has 1 amide bonds. The maximum absolute atomic E-state index is 11.6. The summed E-state index contributed by atoms with van der Waals surface area (Å²) in [6.45, 7) is 2.58. The van der Waals surface area contributed by atoms with Crippen LogP contribution in [0.3, 0.4) is 0 Å². The van der Waals surface area contributed by atoms with Gasteiger partial charge < -0.3 is 16.2 Å². The predicted molar refractivity (Wildman–Crippen MR) is 54.6 cm³/mol. The van der Waals surface area contributed by atoms with Gasteiger partial charge in [-0.25, -0.2) is 0 Å². The maximum atomic E-state index is 11.6. The minimum absolute atomic E-state index is 0.0934. The van der Waals surface area contributed by atoms with E-state index in [0.29, 0.717) is 6.54 Å². The molecule has 0 aromatic carbocycles. The fourth-order valence-electron chi connectivity index (χ4n) is 1.74. The summed E-state index contributed by atoms with van der Waals surface area (Å²) in [7, 11) is 0. The van der Waals surface area contributed by atoms with Crippen LogP contribution in [0.15, 0.2) is 0 Å². The van der Waals surface area contributed by atoms with Gasteiger partial charge in [0.25, 0.3) is 0 Å².